The van der Waals surface area contributed by atoms with Crippen LogP contribution in [0.3, 0.4) is 0 Å². The first-order valence-electron chi connectivity index (χ1n) is 20.9. The van der Waals surface area contributed by atoms with Gasteiger partial charge in [0.2, 0.25) is 0 Å². The first kappa shape index (κ1) is 66.5. The summed E-state index contributed by atoms with van der Waals surface area (Å²) in [6.07, 6.45) is 27.1. The van der Waals surface area contributed by atoms with Gasteiger partial charge in [-0.05, 0) is 137 Å². The van der Waals surface area contributed by atoms with E-state index in [1.807, 2.05) is 141 Å². The Morgan fingerprint density at radius 1 is 0.258 bits per heavy atom. The van der Waals surface area contributed by atoms with Crippen LogP contribution in [0.25, 0.3) is 0 Å². The Kier molecular flexibility index (Phi) is 32.7. The van der Waals surface area contributed by atoms with Crippen molar-refractivity contribution in [2.45, 2.75) is 92.6 Å². The van der Waals surface area contributed by atoms with Crippen molar-refractivity contribution in [3.63, 3.8) is 0 Å². The minimum atomic E-state index is -3.76. The second kappa shape index (κ2) is 30.5. The molecule has 0 amide bonds. The van der Waals surface area contributed by atoms with Gasteiger partial charge in [0.1, 0.15) is 0 Å². The van der Waals surface area contributed by atoms with Crippen LogP contribution in [0.4, 0.5) is 0 Å². The Morgan fingerprint density at radius 2 is 0.387 bits per heavy atom. The fourth-order valence-corrected chi connectivity index (χ4v) is 49.9. The van der Waals surface area contributed by atoms with Crippen molar-refractivity contribution in [3.05, 3.63) is 0 Å². The SMILES string of the molecule is CCO[Si](OCC)(OCC)C(SC)(SC)C(SC)(SC)C(C)(C(SC)(SC)C(SC)(SC)[Si](OCC)(OCC)OCC)C(SC)(SC)C(SC)(SC)[Si](OCC)(OCC)OCC. The topological polar surface area (TPSA) is 83.1 Å². The van der Waals surface area contributed by atoms with Crippen molar-refractivity contribution in [1.82, 2.24) is 0 Å². The molecule has 9 nitrogen and oxygen atoms in total. The third-order valence-corrected chi connectivity index (χ3v) is 50.3. The normalized spacial score (nSPS) is 14.6. The van der Waals surface area contributed by atoms with Crippen LogP contribution in [-0.2, 0) is 39.8 Å². The maximum absolute atomic E-state index is 7.21. The first-order valence-corrected chi connectivity index (χ1v) is 40.8. The molecule has 0 spiro atoms. The van der Waals surface area contributed by atoms with E-state index in [2.05, 4.69) is 144 Å². The summed E-state index contributed by atoms with van der Waals surface area (Å²) in [4.78, 5) is 0. The summed E-state index contributed by atoms with van der Waals surface area (Å²) in [5.41, 5.74) is -0.912. The maximum atomic E-state index is 7.21. The van der Waals surface area contributed by atoms with Crippen LogP contribution in [0.2, 0.25) is 0 Å². The minimum absolute atomic E-state index is 0.431. The molecule has 62 heavy (non-hydrogen) atoms. The van der Waals surface area contributed by atoms with E-state index in [0.29, 0.717) is 59.5 Å². The molecule has 0 saturated carbocycles. The molecular formula is C38H84O9S12Si3. The Bertz CT molecular complexity index is 1030. The first-order chi connectivity index (χ1) is 29.5. The van der Waals surface area contributed by atoms with E-state index in [1.165, 1.54) is 0 Å². The third-order valence-electron chi connectivity index (χ3n) is 10.9. The Hall–Kier alpha value is 4.49. The highest BCUT2D eigenvalue weighted by atomic mass is 32.2. The highest BCUT2D eigenvalue weighted by Crippen LogP contribution is 2.84. The van der Waals surface area contributed by atoms with Gasteiger partial charge in [-0.2, -0.15) is 0 Å². The van der Waals surface area contributed by atoms with Crippen LogP contribution in [0.15, 0.2) is 0 Å². The predicted octanol–water partition coefficient (Wildman–Crippen LogP) is 12.3. The zero-order valence-corrected chi connectivity index (χ0v) is 54.7. The molecular weight excluding hydrogens is 1070 g/mol. The van der Waals surface area contributed by atoms with Crippen molar-refractivity contribution in [2.24, 2.45) is 5.41 Å². The molecule has 0 atom stereocenters. The van der Waals surface area contributed by atoms with Gasteiger partial charge in [-0.1, -0.05) is 6.92 Å². The van der Waals surface area contributed by atoms with E-state index in [1.54, 1.807) is 0 Å². The fraction of sp³-hybridized carbons (Fsp3) is 1.00. The molecule has 0 bridgehead atoms. The van der Waals surface area contributed by atoms with Gasteiger partial charge in [-0.25, -0.2) is 0 Å². The average Bonchev–Trinajstić information content (AvgIpc) is 3.27. The molecule has 0 aromatic rings. The second-order valence-corrected chi connectivity index (χ2v) is 37.0. The Morgan fingerprint density at radius 3 is 0.468 bits per heavy atom. The number of rotatable bonds is 39. The van der Waals surface area contributed by atoms with Gasteiger partial charge in [-0.15, -0.1) is 141 Å². The molecule has 0 heterocycles. The lowest BCUT2D eigenvalue weighted by atomic mass is 9.77. The molecule has 0 aliphatic rings. The summed E-state index contributed by atoms with van der Waals surface area (Å²) in [6.45, 7) is 25.0. The summed E-state index contributed by atoms with van der Waals surface area (Å²) < 4.78 is 59.8. The van der Waals surface area contributed by atoms with Crippen LogP contribution >= 0.6 is 141 Å². The smallest absolute Gasteiger partial charge is 0.372 e. The van der Waals surface area contributed by atoms with E-state index in [0.717, 1.165) is 0 Å². The quantitative estimate of drug-likeness (QED) is 0.0432. The largest absolute Gasteiger partial charge is 0.530 e. The minimum Gasteiger partial charge on any atom is -0.372 e. The number of thioether (sulfide) groups is 12. The number of hydrogen-bond acceptors (Lipinski definition) is 21. The summed E-state index contributed by atoms with van der Waals surface area (Å²) in [6, 6.07) is 0. The van der Waals surface area contributed by atoms with Crippen LogP contribution in [0.1, 0.15) is 69.2 Å². The number of hydrogen-bond donors (Lipinski definition) is 0. The van der Waals surface area contributed by atoms with Crippen molar-refractivity contribution >= 4 is 168 Å². The van der Waals surface area contributed by atoms with Gasteiger partial charge < -0.3 is 39.8 Å². The fourth-order valence-electron chi connectivity index (χ4n) is 9.27. The molecule has 0 fully saturated rings. The third kappa shape index (κ3) is 10.5. The van der Waals surface area contributed by atoms with Crippen LogP contribution in [0, 0.1) is 5.41 Å². The molecule has 0 aliphatic carbocycles. The summed E-state index contributed by atoms with van der Waals surface area (Å²) >= 11 is 22.2. The Balaban J connectivity index is 11.0. The van der Waals surface area contributed by atoms with Gasteiger partial charge in [0.15, 0.2) is 11.1 Å². The van der Waals surface area contributed by atoms with Crippen LogP contribution in [0.5, 0.6) is 0 Å². The summed E-state index contributed by atoms with van der Waals surface area (Å²) in [5.74, 6) is 0. The van der Waals surface area contributed by atoms with E-state index in [-0.39, 0.29) is 0 Å². The second-order valence-electron chi connectivity index (χ2n) is 12.8. The maximum Gasteiger partial charge on any atom is 0.530 e. The highest BCUT2D eigenvalue weighted by Gasteiger charge is 2.91. The zero-order chi connectivity index (χ0) is 48.2. The monoisotopic (exact) mass is 1150 g/mol. The van der Waals surface area contributed by atoms with E-state index in [9.17, 15) is 0 Å². The molecule has 0 unspecified atom stereocenters. The van der Waals surface area contributed by atoms with Crippen molar-refractivity contribution < 1.29 is 39.8 Å². The molecule has 0 N–H and O–H groups in total. The van der Waals surface area contributed by atoms with E-state index >= 15 is 0 Å². The van der Waals surface area contributed by atoms with Crippen molar-refractivity contribution in [3.8, 4) is 0 Å². The van der Waals surface area contributed by atoms with Crippen molar-refractivity contribution in [2.75, 3.05) is 135 Å². The lowest BCUT2D eigenvalue weighted by Crippen LogP contribution is -2.86. The summed E-state index contributed by atoms with van der Waals surface area (Å²) in [7, 11) is -11.3. The molecule has 374 valence electrons. The summed E-state index contributed by atoms with van der Waals surface area (Å²) in [5, 5.41) is 0. The zero-order valence-electron chi connectivity index (χ0n) is 41.9. The van der Waals surface area contributed by atoms with Crippen LogP contribution in [-0.4, -0.2) is 184 Å². The van der Waals surface area contributed by atoms with Gasteiger partial charge in [-0.3, -0.25) is 0 Å². The van der Waals surface area contributed by atoms with Gasteiger partial charge >= 0.3 is 26.4 Å². The van der Waals surface area contributed by atoms with E-state index < -0.39 is 55.2 Å². The van der Waals surface area contributed by atoms with Crippen LogP contribution < -0.4 is 0 Å². The molecule has 0 rings (SSSR count). The van der Waals surface area contributed by atoms with Gasteiger partial charge in [0, 0.05) is 64.9 Å². The average molecular weight is 1150 g/mol. The van der Waals surface area contributed by atoms with Gasteiger partial charge in [0.25, 0.3) is 0 Å². The molecule has 0 aliphatic heterocycles. The lowest BCUT2D eigenvalue weighted by Gasteiger charge is -2.74. The Labute approximate surface area is 435 Å². The predicted molar refractivity (Wildman–Crippen MR) is 309 cm³/mol. The molecule has 0 aromatic heterocycles. The standard InChI is InChI=1S/C38H84O9S12Si3/c1-23-39-60(40-24-2,41-25-3)36(54-17,55-18)33(48-11,49-12)32(10,34(50-13,51-14)37(56-19,57-20)61(42-26-4,43-27-5)44-28-6)35(52-15,53-16)38(58-21,59-22)62(45-29-7,46-30-8)47-31-9/h23-31H2,1-22H3. The van der Waals surface area contributed by atoms with E-state index in [4.69, 9.17) is 39.8 Å². The van der Waals surface area contributed by atoms with Crippen molar-refractivity contribution in [1.29, 1.82) is 0 Å². The molecule has 0 radical (unpaired) electrons. The molecule has 0 saturated heterocycles. The lowest BCUT2D eigenvalue weighted by molar-refractivity contribution is 0.0460. The molecule has 0 aromatic carbocycles. The molecule has 24 heteroatoms. The van der Waals surface area contributed by atoms with Gasteiger partial charge in [0.05, 0.1) is 12.2 Å². The highest BCUT2D eigenvalue weighted by molar-refractivity contribution is 8.29.